The average Bonchev–Trinajstić information content (AvgIpc) is 2.19. The molecule has 0 bridgehead atoms. The summed E-state index contributed by atoms with van der Waals surface area (Å²) < 4.78 is 0. The Morgan fingerprint density at radius 2 is 2.14 bits per heavy atom. The predicted octanol–water partition coefficient (Wildman–Crippen LogP) is 1.17. The third-order valence-electron chi connectivity index (χ3n) is 2.10. The molecule has 0 aliphatic heterocycles. The topological polar surface area (TPSA) is 76.3 Å². The Morgan fingerprint density at radius 3 is 2.57 bits per heavy atom. The summed E-state index contributed by atoms with van der Waals surface area (Å²) in [7, 11) is 0. The van der Waals surface area contributed by atoms with Crippen LogP contribution in [0, 0.1) is 10.1 Å². The van der Waals surface area contributed by atoms with E-state index in [1.165, 1.54) is 12.4 Å². The van der Waals surface area contributed by atoms with E-state index in [9.17, 15) is 15.2 Å². The number of nitro groups is 1. The van der Waals surface area contributed by atoms with Gasteiger partial charge >= 0.3 is 0 Å². The van der Waals surface area contributed by atoms with E-state index in [4.69, 9.17) is 0 Å². The smallest absolute Gasteiger partial charge is 0.242 e. The maximum atomic E-state index is 10.6. The zero-order valence-electron chi connectivity index (χ0n) is 7.83. The summed E-state index contributed by atoms with van der Waals surface area (Å²) in [6.45, 7) is 1.68. The van der Waals surface area contributed by atoms with Crippen molar-refractivity contribution in [3.63, 3.8) is 0 Å². The third kappa shape index (κ3) is 2.26. The van der Waals surface area contributed by atoms with Gasteiger partial charge in [0.2, 0.25) is 6.04 Å². The van der Waals surface area contributed by atoms with Crippen LogP contribution in [0.15, 0.2) is 24.5 Å². The zero-order valence-corrected chi connectivity index (χ0v) is 7.83. The van der Waals surface area contributed by atoms with Crippen molar-refractivity contribution in [3.05, 3.63) is 40.2 Å². The molecule has 1 aromatic heterocycles. The first-order valence-corrected chi connectivity index (χ1v) is 4.38. The van der Waals surface area contributed by atoms with E-state index in [0.29, 0.717) is 12.0 Å². The minimum absolute atomic E-state index is 0.302. The Labute approximate surface area is 81.6 Å². The van der Waals surface area contributed by atoms with Crippen LogP contribution in [0.1, 0.15) is 25.0 Å². The highest BCUT2D eigenvalue weighted by molar-refractivity contribution is 5.14. The van der Waals surface area contributed by atoms with Crippen LogP contribution in [0.25, 0.3) is 0 Å². The van der Waals surface area contributed by atoms with Crippen molar-refractivity contribution in [3.8, 4) is 0 Å². The van der Waals surface area contributed by atoms with Crippen LogP contribution in [0.2, 0.25) is 0 Å². The fraction of sp³-hybridized carbons (Fsp3) is 0.444. The first-order valence-electron chi connectivity index (χ1n) is 4.38. The second kappa shape index (κ2) is 4.66. The van der Waals surface area contributed by atoms with Crippen molar-refractivity contribution >= 4 is 0 Å². The SMILES string of the molecule is CCC(C(O)c1ccncc1)[N+](=O)[O-]. The molecule has 0 spiro atoms. The molecule has 0 radical (unpaired) electrons. The predicted molar refractivity (Wildman–Crippen MR) is 50.3 cm³/mol. The van der Waals surface area contributed by atoms with E-state index in [-0.39, 0.29) is 0 Å². The molecule has 5 heteroatoms. The summed E-state index contributed by atoms with van der Waals surface area (Å²) in [5, 5.41) is 20.3. The van der Waals surface area contributed by atoms with Gasteiger partial charge in [0.15, 0.2) is 0 Å². The Kier molecular flexibility index (Phi) is 3.53. The molecule has 1 rings (SSSR count). The second-order valence-corrected chi connectivity index (χ2v) is 2.99. The maximum Gasteiger partial charge on any atom is 0.242 e. The standard InChI is InChI=1S/C9H12N2O3/c1-2-8(11(13)14)9(12)7-3-5-10-6-4-7/h3-6,8-9,12H,2H2,1H3. The van der Waals surface area contributed by atoms with Crippen molar-refractivity contribution in [1.29, 1.82) is 0 Å². The number of hydrogen-bond donors (Lipinski definition) is 1. The lowest BCUT2D eigenvalue weighted by molar-refractivity contribution is -0.536. The molecular formula is C9H12N2O3. The molecule has 1 N–H and O–H groups in total. The molecule has 0 amide bonds. The van der Waals surface area contributed by atoms with Crippen LogP contribution in [-0.4, -0.2) is 21.1 Å². The fourth-order valence-corrected chi connectivity index (χ4v) is 1.27. The number of pyridine rings is 1. The molecule has 5 nitrogen and oxygen atoms in total. The normalized spacial score (nSPS) is 14.7. The summed E-state index contributed by atoms with van der Waals surface area (Å²) in [5.41, 5.74) is 0.531. The third-order valence-corrected chi connectivity index (χ3v) is 2.10. The van der Waals surface area contributed by atoms with E-state index in [0.717, 1.165) is 0 Å². The quantitative estimate of drug-likeness (QED) is 0.579. The number of hydrogen-bond acceptors (Lipinski definition) is 4. The van der Waals surface area contributed by atoms with Gasteiger partial charge in [-0.2, -0.15) is 0 Å². The van der Waals surface area contributed by atoms with E-state index in [1.807, 2.05) is 0 Å². The average molecular weight is 196 g/mol. The highest BCUT2D eigenvalue weighted by atomic mass is 16.6. The summed E-state index contributed by atoms with van der Waals surface area (Å²) in [5.74, 6) is 0. The molecule has 0 saturated heterocycles. The summed E-state index contributed by atoms with van der Waals surface area (Å²) >= 11 is 0. The number of aromatic nitrogens is 1. The van der Waals surface area contributed by atoms with Crippen molar-refractivity contribution in [2.75, 3.05) is 0 Å². The van der Waals surface area contributed by atoms with Gasteiger partial charge in [-0.1, -0.05) is 6.92 Å². The molecule has 76 valence electrons. The largest absolute Gasteiger partial charge is 0.381 e. The number of rotatable bonds is 4. The first kappa shape index (κ1) is 10.6. The highest BCUT2D eigenvalue weighted by Crippen LogP contribution is 2.19. The van der Waals surface area contributed by atoms with Crippen LogP contribution in [0.3, 0.4) is 0 Å². The number of nitrogens with zero attached hydrogens (tertiary/aromatic N) is 2. The van der Waals surface area contributed by atoms with Gasteiger partial charge in [0, 0.05) is 23.7 Å². The second-order valence-electron chi connectivity index (χ2n) is 2.99. The van der Waals surface area contributed by atoms with Gasteiger partial charge in [-0.25, -0.2) is 0 Å². The molecule has 0 aliphatic carbocycles. The summed E-state index contributed by atoms with van der Waals surface area (Å²) in [6, 6.07) is 2.21. The minimum atomic E-state index is -1.06. The van der Waals surface area contributed by atoms with Gasteiger partial charge in [0.1, 0.15) is 6.10 Å². The van der Waals surface area contributed by atoms with Gasteiger partial charge in [-0.3, -0.25) is 15.1 Å². The number of aliphatic hydroxyl groups excluding tert-OH is 1. The van der Waals surface area contributed by atoms with Crippen molar-refractivity contribution in [2.45, 2.75) is 25.5 Å². The summed E-state index contributed by atoms with van der Waals surface area (Å²) in [4.78, 5) is 13.9. The summed E-state index contributed by atoms with van der Waals surface area (Å²) in [6.07, 6.45) is 2.26. The fourth-order valence-electron chi connectivity index (χ4n) is 1.27. The molecule has 0 fully saturated rings. The number of aliphatic hydroxyl groups is 1. The molecule has 1 heterocycles. The van der Waals surface area contributed by atoms with Crippen molar-refractivity contribution in [2.24, 2.45) is 0 Å². The highest BCUT2D eigenvalue weighted by Gasteiger charge is 2.28. The Balaban J connectivity index is 2.83. The molecule has 0 saturated carbocycles. The van der Waals surface area contributed by atoms with Gasteiger partial charge in [-0.05, 0) is 17.7 Å². The van der Waals surface area contributed by atoms with Crippen molar-refractivity contribution < 1.29 is 10.0 Å². The van der Waals surface area contributed by atoms with Crippen LogP contribution in [0.5, 0.6) is 0 Å². The molecule has 1 aromatic rings. The van der Waals surface area contributed by atoms with Crippen LogP contribution >= 0.6 is 0 Å². The lowest BCUT2D eigenvalue weighted by Gasteiger charge is -2.14. The van der Waals surface area contributed by atoms with Gasteiger partial charge in [0.25, 0.3) is 0 Å². The molecule has 0 aromatic carbocycles. The Bertz CT molecular complexity index is 302. The van der Waals surface area contributed by atoms with Crippen LogP contribution < -0.4 is 0 Å². The Morgan fingerprint density at radius 1 is 1.57 bits per heavy atom. The van der Waals surface area contributed by atoms with E-state index in [2.05, 4.69) is 4.98 Å². The van der Waals surface area contributed by atoms with Crippen LogP contribution in [0.4, 0.5) is 0 Å². The lowest BCUT2D eigenvalue weighted by Crippen LogP contribution is -2.26. The maximum absolute atomic E-state index is 10.6. The van der Waals surface area contributed by atoms with E-state index >= 15 is 0 Å². The van der Waals surface area contributed by atoms with E-state index < -0.39 is 17.1 Å². The van der Waals surface area contributed by atoms with Gasteiger partial charge in [-0.15, -0.1) is 0 Å². The molecule has 14 heavy (non-hydrogen) atoms. The minimum Gasteiger partial charge on any atom is -0.381 e. The molecule has 0 aliphatic rings. The molecular weight excluding hydrogens is 184 g/mol. The van der Waals surface area contributed by atoms with E-state index in [1.54, 1.807) is 19.1 Å². The first-order chi connectivity index (χ1) is 6.66. The van der Waals surface area contributed by atoms with Crippen LogP contribution in [-0.2, 0) is 0 Å². The Hall–Kier alpha value is -1.49. The monoisotopic (exact) mass is 196 g/mol. The zero-order chi connectivity index (χ0) is 10.6. The lowest BCUT2D eigenvalue weighted by atomic mass is 10.0. The van der Waals surface area contributed by atoms with Gasteiger partial charge < -0.3 is 5.11 Å². The molecule has 2 unspecified atom stereocenters. The molecule has 2 atom stereocenters. The van der Waals surface area contributed by atoms with Crippen molar-refractivity contribution in [1.82, 2.24) is 4.98 Å². The van der Waals surface area contributed by atoms with Gasteiger partial charge in [0.05, 0.1) is 0 Å².